The number of nitrogens with zero attached hydrogens (tertiary/aromatic N) is 3. The maximum Gasteiger partial charge on any atom is 0.228 e. The summed E-state index contributed by atoms with van der Waals surface area (Å²) in [6.45, 7) is 9.75. The Balaban J connectivity index is 1.39. The summed E-state index contributed by atoms with van der Waals surface area (Å²) < 4.78 is 0. The second-order valence-corrected chi connectivity index (χ2v) is 8.28. The van der Waals surface area contributed by atoms with E-state index in [1.807, 2.05) is 24.0 Å². The Bertz CT molecular complexity index is 931. The molecule has 0 aromatic heterocycles. The van der Waals surface area contributed by atoms with Gasteiger partial charge in [-0.05, 0) is 55.7 Å². The number of amides is 2. The van der Waals surface area contributed by atoms with Gasteiger partial charge < -0.3 is 14.7 Å². The molecule has 2 amide bonds. The predicted molar refractivity (Wildman–Crippen MR) is 116 cm³/mol. The minimum absolute atomic E-state index is 0.0513. The van der Waals surface area contributed by atoms with Gasteiger partial charge >= 0.3 is 0 Å². The molecule has 2 fully saturated rings. The molecule has 2 aromatic carbocycles. The molecule has 2 heterocycles. The molecule has 0 bridgehead atoms. The molecule has 0 aliphatic carbocycles. The van der Waals surface area contributed by atoms with Crippen LogP contribution in [0.15, 0.2) is 42.5 Å². The van der Waals surface area contributed by atoms with E-state index in [0.717, 1.165) is 29.9 Å². The van der Waals surface area contributed by atoms with E-state index in [4.69, 9.17) is 0 Å². The summed E-state index contributed by atoms with van der Waals surface area (Å²) in [6.07, 6.45) is 0.310. The van der Waals surface area contributed by atoms with Crippen molar-refractivity contribution in [3.63, 3.8) is 0 Å². The van der Waals surface area contributed by atoms with Crippen LogP contribution in [0.4, 0.5) is 11.4 Å². The largest absolute Gasteiger partial charge is 0.368 e. The second-order valence-electron chi connectivity index (χ2n) is 8.28. The number of hydrogen-bond donors (Lipinski definition) is 0. The van der Waals surface area contributed by atoms with Gasteiger partial charge in [0.1, 0.15) is 0 Å². The van der Waals surface area contributed by atoms with Crippen molar-refractivity contribution in [2.24, 2.45) is 5.92 Å². The van der Waals surface area contributed by atoms with Gasteiger partial charge in [0, 0.05) is 50.5 Å². The molecule has 1 unspecified atom stereocenters. The molecular formula is C24H29N3O2. The Morgan fingerprint density at radius 1 is 0.966 bits per heavy atom. The first-order valence-electron chi connectivity index (χ1n) is 10.4. The summed E-state index contributed by atoms with van der Waals surface area (Å²) in [6, 6.07) is 14.5. The first kappa shape index (κ1) is 19.5. The summed E-state index contributed by atoms with van der Waals surface area (Å²) in [4.78, 5) is 31.8. The molecule has 5 nitrogen and oxygen atoms in total. The molecule has 5 heteroatoms. The van der Waals surface area contributed by atoms with Crippen molar-refractivity contribution in [1.82, 2.24) is 4.90 Å². The molecule has 2 aliphatic rings. The normalized spacial score (nSPS) is 19.8. The zero-order chi connectivity index (χ0) is 20.5. The van der Waals surface area contributed by atoms with Gasteiger partial charge in [-0.1, -0.05) is 24.3 Å². The Morgan fingerprint density at radius 2 is 1.69 bits per heavy atom. The smallest absolute Gasteiger partial charge is 0.228 e. The molecule has 4 rings (SSSR count). The SMILES string of the molecule is Cc1cccc(N2CCN(C(=O)C3CC(=O)N(c4cccc(C)c4C)C3)CC2)c1. The highest BCUT2D eigenvalue weighted by atomic mass is 16.2. The number of benzene rings is 2. The van der Waals surface area contributed by atoms with Crippen LogP contribution in [0.2, 0.25) is 0 Å². The summed E-state index contributed by atoms with van der Waals surface area (Å²) in [7, 11) is 0. The van der Waals surface area contributed by atoms with Crippen molar-refractivity contribution >= 4 is 23.2 Å². The third-order valence-corrected chi connectivity index (χ3v) is 6.30. The van der Waals surface area contributed by atoms with Crippen molar-refractivity contribution in [1.29, 1.82) is 0 Å². The van der Waals surface area contributed by atoms with E-state index in [1.165, 1.54) is 11.3 Å². The monoisotopic (exact) mass is 391 g/mol. The van der Waals surface area contributed by atoms with Crippen LogP contribution >= 0.6 is 0 Å². The van der Waals surface area contributed by atoms with Crippen molar-refractivity contribution < 1.29 is 9.59 Å². The Morgan fingerprint density at radius 3 is 2.41 bits per heavy atom. The topological polar surface area (TPSA) is 43.9 Å². The van der Waals surface area contributed by atoms with E-state index in [2.05, 4.69) is 49.1 Å². The zero-order valence-electron chi connectivity index (χ0n) is 17.5. The number of hydrogen-bond acceptors (Lipinski definition) is 3. The van der Waals surface area contributed by atoms with Gasteiger partial charge in [0.15, 0.2) is 0 Å². The van der Waals surface area contributed by atoms with Gasteiger partial charge in [-0.3, -0.25) is 9.59 Å². The second kappa shape index (κ2) is 7.90. The lowest BCUT2D eigenvalue weighted by Crippen LogP contribution is -2.50. The molecule has 2 aromatic rings. The van der Waals surface area contributed by atoms with Gasteiger partial charge in [-0.25, -0.2) is 0 Å². The van der Waals surface area contributed by atoms with Gasteiger partial charge in [0.05, 0.1) is 5.92 Å². The molecule has 2 saturated heterocycles. The van der Waals surface area contributed by atoms with E-state index in [0.29, 0.717) is 26.1 Å². The van der Waals surface area contributed by atoms with Crippen LogP contribution < -0.4 is 9.80 Å². The van der Waals surface area contributed by atoms with Crippen LogP contribution in [0.5, 0.6) is 0 Å². The summed E-state index contributed by atoms with van der Waals surface area (Å²) in [5.74, 6) is -0.0709. The lowest BCUT2D eigenvalue weighted by Gasteiger charge is -2.37. The minimum atomic E-state index is -0.243. The maximum atomic E-state index is 13.1. The first-order chi connectivity index (χ1) is 13.9. The molecule has 2 aliphatic heterocycles. The number of carbonyl (C=O) groups is 2. The molecule has 0 spiro atoms. The highest BCUT2D eigenvalue weighted by molar-refractivity contribution is 6.01. The van der Waals surface area contributed by atoms with E-state index in [1.54, 1.807) is 4.90 Å². The summed E-state index contributed by atoms with van der Waals surface area (Å²) in [5.41, 5.74) is 5.68. The average molecular weight is 392 g/mol. The summed E-state index contributed by atoms with van der Waals surface area (Å²) in [5, 5.41) is 0. The fourth-order valence-corrected chi connectivity index (χ4v) is 4.40. The highest BCUT2D eigenvalue weighted by Gasteiger charge is 2.38. The molecule has 0 saturated carbocycles. The van der Waals surface area contributed by atoms with Crippen LogP contribution in [0.25, 0.3) is 0 Å². The molecule has 0 N–H and O–H groups in total. The number of piperazine rings is 1. The first-order valence-corrected chi connectivity index (χ1v) is 10.4. The predicted octanol–water partition coefficient (Wildman–Crippen LogP) is 3.31. The number of rotatable bonds is 3. The quantitative estimate of drug-likeness (QED) is 0.806. The zero-order valence-corrected chi connectivity index (χ0v) is 17.5. The number of anilines is 2. The fraction of sp³-hybridized carbons (Fsp3) is 0.417. The Kier molecular flexibility index (Phi) is 5.31. The lowest BCUT2D eigenvalue weighted by molar-refractivity contribution is -0.136. The standard InChI is InChI=1S/C24H29N3O2/c1-17-6-4-8-21(14-17)25-10-12-26(13-11-25)24(29)20-15-23(28)27(16-20)22-9-5-7-18(2)19(22)3/h4-9,14,20H,10-13,15-16H2,1-3H3. The van der Waals surface area contributed by atoms with E-state index >= 15 is 0 Å². The Labute approximate surface area is 172 Å². The molecule has 0 radical (unpaired) electrons. The van der Waals surface area contributed by atoms with Crippen LogP contribution in [0, 0.1) is 26.7 Å². The van der Waals surface area contributed by atoms with Gasteiger partial charge in [0.25, 0.3) is 0 Å². The van der Waals surface area contributed by atoms with Gasteiger partial charge in [0.2, 0.25) is 11.8 Å². The van der Waals surface area contributed by atoms with Crippen molar-refractivity contribution in [2.45, 2.75) is 27.2 Å². The number of aryl methyl sites for hydroxylation is 2. The Hall–Kier alpha value is -2.82. The van der Waals surface area contributed by atoms with Gasteiger partial charge in [-0.2, -0.15) is 0 Å². The third kappa shape index (κ3) is 3.86. The van der Waals surface area contributed by atoms with Crippen molar-refractivity contribution in [3.05, 3.63) is 59.2 Å². The minimum Gasteiger partial charge on any atom is -0.368 e. The molecule has 152 valence electrons. The summed E-state index contributed by atoms with van der Waals surface area (Å²) >= 11 is 0. The number of carbonyl (C=O) groups excluding carboxylic acids is 2. The van der Waals surface area contributed by atoms with Crippen molar-refractivity contribution in [2.75, 3.05) is 42.5 Å². The van der Waals surface area contributed by atoms with Crippen molar-refractivity contribution in [3.8, 4) is 0 Å². The average Bonchev–Trinajstić information content (AvgIpc) is 3.11. The highest BCUT2D eigenvalue weighted by Crippen LogP contribution is 2.30. The molecule has 1 atom stereocenters. The third-order valence-electron chi connectivity index (χ3n) is 6.30. The van der Waals surface area contributed by atoms with Crippen LogP contribution in [-0.4, -0.2) is 49.4 Å². The van der Waals surface area contributed by atoms with E-state index in [9.17, 15) is 9.59 Å². The van der Waals surface area contributed by atoms with Crippen LogP contribution in [-0.2, 0) is 9.59 Å². The van der Waals surface area contributed by atoms with Gasteiger partial charge in [-0.15, -0.1) is 0 Å². The fourth-order valence-electron chi connectivity index (χ4n) is 4.40. The maximum absolute atomic E-state index is 13.1. The molecular weight excluding hydrogens is 362 g/mol. The van der Waals surface area contributed by atoms with E-state index in [-0.39, 0.29) is 17.7 Å². The van der Waals surface area contributed by atoms with E-state index < -0.39 is 0 Å². The van der Waals surface area contributed by atoms with Crippen LogP contribution in [0.1, 0.15) is 23.1 Å². The van der Waals surface area contributed by atoms with Crippen LogP contribution in [0.3, 0.4) is 0 Å². The molecule has 29 heavy (non-hydrogen) atoms. The lowest BCUT2D eigenvalue weighted by atomic mass is 10.1.